The molecule has 0 radical (unpaired) electrons. The second-order valence-electron chi connectivity index (χ2n) is 8.20. The summed E-state index contributed by atoms with van der Waals surface area (Å²) >= 11 is 0.279. The van der Waals surface area contributed by atoms with Crippen LogP contribution in [0.25, 0.3) is 0 Å². The van der Waals surface area contributed by atoms with Gasteiger partial charge in [0.15, 0.2) is 0 Å². The van der Waals surface area contributed by atoms with E-state index in [1.165, 1.54) is 22.3 Å². The molecule has 0 saturated carbocycles. The van der Waals surface area contributed by atoms with Crippen LogP contribution in [0, 0.1) is 6.92 Å². The molecule has 0 unspecified atom stereocenters. The third-order valence-electron chi connectivity index (χ3n) is 5.24. The van der Waals surface area contributed by atoms with Crippen molar-refractivity contribution in [2.75, 3.05) is 0 Å². The summed E-state index contributed by atoms with van der Waals surface area (Å²) in [6.45, 7) is 6.74. The largest absolute Gasteiger partial charge is 0.457 e. The fraction of sp³-hybridized carbons (Fsp3) is 0.143. The third-order valence-corrected chi connectivity index (χ3v) is 10.9. The Kier molecular flexibility index (Phi) is 11.0. The fourth-order valence-corrected chi connectivity index (χ4v) is 9.13. The normalized spacial score (nSPS) is 11.2. The molecule has 0 aliphatic heterocycles. The molecule has 2 aliphatic carbocycles. The van der Waals surface area contributed by atoms with Gasteiger partial charge in [0.2, 0.25) is 0 Å². The zero-order valence-corrected chi connectivity index (χ0v) is 23.5. The van der Waals surface area contributed by atoms with Gasteiger partial charge in [-0.25, -0.2) is 0 Å². The van der Waals surface area contributed by atoms with Gasteiger partial charge in [0.1, 0.15) is 11.5 Å². The van der Waals surface area contributed by atoms with Gasteiger partial charge in [-0.2, -0.15) is 0 Å². The first-order valence-corrected chi connectivity index (χ1v) is 17.2. The van der Waals surface area contributed by atoms with Crippen molar-refractivity contribution in [3.8, 4) is 11.5 Å². The predicted molar refractivity (Wildman–Crippen MR) is 145 cm³/mol. The monoisotopic (exact) mass is 528 g/mol. The van der Waals surface area contributed by atoms with Gasteiger partial charge < -0.3 is 4.74 Å². The molecule has 5 heteroatoms. The van der Waals surface area contributed by atoms with Crippen molar-refractivity contribution in [2.24, 2.45) is 0 Å². The summed E-state index contributed by atoms with van der Waals surface area (Å²) in [6, 6.07) is 36.0. The van der Waals surface area contributed by atoms with Crippen LogP contribution in [-0.4, -0.2) is 6.66 Å². The van der Waals surface area contributed by atoms with Crippen LogP contribution in [0.2, 0.25) is 13.1 Å². The van der Waals surface area contributed by atoms with E-state index in [9.17, 15) is 0 Å². The maximum atomic E-state index is 6.08. The predicted octanol–water partition coefficient (Wildman–Crippen LogP) is 7.50. The average molecular weight is 529 g/mol. The number of hydrogen-bond donors (Lipinski definition) is 0. The van der Waals surface area contributed by atoms with Crippen molar-refractivity contribution in [1.82, 2.24) is 0 Å². The van der Waals surface area contributed by atoms with Crippen LogP contribution < -0.4 is 8.61 Å². The Morgan fingerprint density at radius 3 is 1.70 bits per heavy atom. The maximum Gasteiger partial charge on any atom is 0.135 e. The minimum Gasteiger partial charge on any atom is -0.457 e. The van der Waals surface area contributed by atoms with Crippen molar-refractivity contribution in [2.45, 2.75) is 25.9 Å². The van der Waals surface area contributed by atoms with Crippen LogP contribution in [0.15, 0.2) is 103 Å². The minimum atomic E-state index is -0.272. The van der Waals surface area contributed by atoms with E-state index in [-0.39, 0.29) is 49.9 Å². The molecule has 0 atom stereocenters. The fourth-order valence-electron chi connectivity index (χ4n) is 3.95. The third kappa shape index (κ3) is 7.09. The maximum absolute atomic E-state index is 6.08. The number of hydrogen-bond acceptors (Lipinski definition) is 1. The molecule has 4 aromatic carbocycles. The van der Waals surface area contributed by atoms with Gasteiger partial charge in [-0.1, -0.05) is 66.2 Å². The molecule has 0 saturated heterocycles. The number of fused-ring (bicyclic) bond motifs is 2. The second kappa shape index (κ2) is 13.2. The molecule has 0 aromatic heterocycles. The van der Waals surface area contributed by atoms with E-state index < -0.39 is 0 Å². The Morgan fingerprint density at radius 2 is 1.18 bits per heavy atom. The summed E-state index contributed by atoms with van der Waals surface area (Å²) in [4.78, 5) is 0. The molecule has 2 bridgehead atoms. The first-order valence-electron chi connectivity index (χ1n) is 10.9. The molecule has 170 valence electrons. The van der Waals surface area contributed by atoms with Gasteiger partial charge in [-0.3, -0.25) is 0 Å². The average Bonchev–Trinajstić information content (AvgIpc) is 2.79. The first-order chi connectivity index (χ1) is 15.1. The van der Waals surface area contributed by atoms with Crippen LogP contribution in [0.3, 0.4) is 0 Å². The SMILES string of the molecule is C[SiH](C)[Ti][c]1ccccc1.Cc1cc2c(Oc3ccccc3)c(c1)C2c1ccccc1.Cl.Cl. The molecule has 0 N–H and O–H groups in total. The van der Waals surface area contributed by atoms with Gasteiger partial charge in [0.05, 0.1) is 0 Å². The first kappa shape index (κ1) is 27.4. The van der Waals surface area contributed by atoms with Gasteiger partial charge >= 0.3 is 72.4 Å². The molecule has 0 heterocycles. The van der Waals surface area contributed by atoms with E-state index in [0.29, 0.717) is 5.92 Å². The molecule has 0 amide bonds. The van der Waals surface area contributed by atoms with Crippen LogP contribution in [0.1, 0.15) is 28.2 Å². The molecule has 4 aromatic rings. The topological polar surface area (TPSA) is 9.23 Å². The molecule has 2 aliphatic rings. The molecule has 33 heavy (non-hydrogen) atoms. The Bertz CT molecular complexity index is 1100. The van der Waals surface area contributed by atoms with E-state index in [4.69, 9.17) is 4.74 Å². The van der Waals surface area contributed by atoms with Crippen molar-refractivity contribution in [1.29, 1.82) is 0 Å². The minimum absolute atomic E-state index is 0. The summed E-state index contributed by atoms with van der Waals surface area (Å²) in [5.74, 6) is 2.30. The smallest absolute Gasteiger partial charge is 0.135 e. The Labute approximate surface area is 220 Å². The Hall–Kier alpha value is -1.81. The van der Waals surface area contributed by atoms with Gasteiger partial charge in [0.25, 0.3) is 0 Å². The summed E-state index contributed by atoms with van der Waals surface area (Å²) in [6.07, 6.45) is 0. The van der Waals surface area contributed by atoms with Crippen molar-refractivity contribution < 1.29 is 23.1 Å². The molecule has 0 spiro atoms. The molecule has 0 fully saturated rings. The number of benzene rings is 4. The van der Waals surface area contributed by atoms with Crippen molar-refractivity contribution in [3.05, 3.63) is 125 Å². The van der Waals surface area contributed by atoms with Crippen LogP contribution >= 0.6 is 24.8 Å². The van der Waals surface area contributed by atoms with Gasteiger partial charge in [-0.15, -0.1) is 24.8 Å². The molecular formula is C28H30Cl2OSiTi. The molecular weight excluding hydrogens is 499 g/mol. The number of para-hydroxylation sites is 1. The Balaban J connectivity index is 0.000000276. The van der Waals surface area contributed by atoms with E-state index in [1.807, 2.05) is 30.3 Å². The zero-order valence-electron chi connectivity index (χ0n) is 19.2. The molecule has 1 nitrogen and oxygen atoms in total. The van der Waals surface area contributed by atoms with E-state index >= 15 is 0 Å². The van der Waals surface area contributed by atoms with Gasteiger partial charge in [0, 0.05) is 17.0 Å². The summed E-state index contributed by atoms with van der Waals surface area (Å²) in [5, 5.41) is 0. The number of halogens is 2. The standard InChI is InChI=1S/C20H16O.C6H5.C2H7Si.2ClH.Ti/c1-14-12-17-19(15-8-4-2-5-9-15)18(13-14)20(17)21-16-10-6-3-7-11-16;1-2-4-6-5-3-1;1-3-2;;;/h2-13,19H,1H3;1-5H;3H,1-2H3;2*1H;. The number of rotatable bonds is 5. The van der Waals surface area contributed by atoms with Crippen molar-refractivity contribution in [3.63, 3.8) is 0 Å². The van der Waals surface area contributed by atoms with Crippen LogP contribution in [0.4, 0.5) is 0 Å². The van der Waals surface area contributed by atoms with Crippen molar-refractivity contribution >= 4 is 35.3 Å². The zero-order chi connectivity index (χ0) is 21.6. The van der Waals surface area contributed by atoms with Crippen LogP contribution in [0.5, 0.6) is 11.5 Å². The van der Waals surface area contributed by atoms with Crippen LogP contribution in [-0.2, 0) is 18.4 Å². The summed E-state index contributed by atoms with van der Waals surface area (Å²) in [5.41, 5.74) is 5.22. The van der Waals surface area contributed by atoms with Gasteiger partial charge in [-0.05, 0) is 24.6 Å². The summed E-state index contributed by atoms with van der Waals surface area (Å²) in [7, 11) is 0. The van der Waals surface area contributed by atoms with E-state index in [2.05, 4.69) is 92.8 Å². The quantitative estimate of drug-likeness (QED) is 0.214. The second-order valence-corrected chi connectivity index (χ2v) is 18.5. The van der Waals surface area contributed by atoms with E-state index in [1.54, 1.807) is 3.87 Å². The molecule has 6 rings (SSSR count). The Morgan fingerprint density at radius 1 is 0.697 bits per heavy atom. The van der Waals surface area contributed by atoms with E-state index in [0.717, 1.165) is 11.5 Å². The summed E-state index contributed by atoms with van der Waals surface area (Å²) < 4.78 is 7.71. The number of ether oxygens (including phenoxy) is 1. The number of aryl methyl sites for hydroxylation is 1.